The normalized spacial score (nSPS) is 16.3. The van der Waals surface area contributed by atoms with Crippen LogP contribution in [0.2, 0.25) is 0 Å². The molecule has 0 unspecified atom stereocenters. The minimum atomic E-state index is -0.499. The molecule has 1 aliphatic carbocycles. The van der Waals surface area contributed by atoms with E-state index in [1.54, 1.807) is 6.07 Å². The number of aliphatic hydroxyl groups is 1. The van der Waals surface area contributed by atoms with E-state index >= 15 is 0 Å². The van der Waals surface area contributed by atoms with Crippen molar-refractivity contribution in [3.05, 3.63) is 23.8 Å². The molecule has 0 aromatic heterocycles. The van der Waals surface area contributed by atoms with Crippen LogP contribution in [0.4, 0.5) is 0 Å². The van der Waals surface area contributed by atoms with Crippen molar-refractivity contribution < 1.29 is 14.9 Å². The number of nitrogens with two attached hydrogens (primary N) is 1. The maximum absolute atomic E-state index is 10.3. The van der Waals surface area contributed by atoms with E-state index in [4.69, 9.17) is 10.5 Å². The second-order valence-electron chi connectivity index (χ2n) is 9.27. The predicted molar refractivity (Wildman–Crippen MR) is 116 cm³/mol. The lowest BCUT2D eigenvalue weighted by Gasteiger charge is -2.27. The van der Waals surface area contributed by atoms with Gasteiger partial charge in [0.2, 0.25) is 0 Å². The molecule has 0 radical (unpaired) electrons. The van der Waals surface area contributed by atoms with Gasteiger partial charge >= 0.3 is 0 Å². The molecule has 0 spiro atoms. The SMILES string of the molecule is CC(C)CCCCCCCOc1ccc(CC[C@@](N)(CO)CC2CC2)cc1O. The Kier molecular flexibility index (Phi) is 9.60. The average molecular weight is 392 g/mol. The fourth-order valence-corrected chi connectivity index (χ4v) is 3.74. The average Bonchev–Trinajstić information content (AvgIpc) is 3.47. The van der Waals surface area contributed by atoms with Gasteiger partial charge in [0.05, 0.1) is 13.2 Å². The Morgan fingerprint density at radius 2 is 1.86 bits per heavy atom. The summed E-state index contributed by atoms with van der Waals surface area (Å²) in [5.74, 6) is 2.25. The Morgan fingerprint density at radius 3 is 2.50 bits per heavy atom. The summed E-state index contributed by atoms with van der Waals surface area (Å²) in [4.78, 5) is 0. The van der Waals surface area contributed by atoms with E-state index in [0.29, 0.717) is 18.3 Å². The molecule has 1 aromatic carbocycles. The molecule has 0 bridgehead atoms. The highest BCUT2D eigenvalue weighted by atomic mass is 16.5. The van der Waals surface area contributed by atoms with Crippen LogP contribution < -0.4 is 10.5 Å². The molecule has 4 N–H and O–H groups in total. The smallest absolute Gasteiger partial charge is 0.160 e. The monoisotopic (exact) mass is 391 g/mol. The summed E-state index contributed by atoms with van der Waals surface area (Å²) in [5, 5.41) is 19.9. The number of phenols is 1. The van der Waals surface area contributed by atoms with Gasteiger partial charge in [0, 0.05) is 5.54 Å². The molecule has 0 heterocycles. The van der Waals surface area contributed by atoms with Gasteiger partial charge in [-0.2, -0.15) is 0 Å². The zero-order valence-corrected chi connectivity index (χ0v) is 18.0. The van der Waals surface area contributed by atoms with Gasteiger partial charge in [-0.15, -0.1) is 0 Å². The molecule has 4 heteroatoms. The van der Waals surface area contributed by atoms with Crippen molar-refractivity contribution in [1.82, 2.24) is 0 Å². The predicted octanol–water partition coefficient (Wildman–Crippen LogP) is 5.19. The van der Waals surface area contributed by atoms with Crippen LogP contribution >= 0.6 is 0 Å². The molecular formula is C24H41NO3. The Bertz CT molecular complexity index is 571. The van der Waals surface area contributed by atoms with Crippen molar-refractivity contribution in [2.75, 3.05) is 13.2 Å². The first-order valence-electron chi connectivity index (χ1n) is 11.3. The fourth-order valence-electron chi connectivity index (χ4n) is 3.74. The minimum Gasteiger partial charge on any atom is -0.504 e. The number of unbranched alkanes of at least 4 members (excludes halogenated alkanes) is 4. The number of aliphatic hydroxyl groups excluding tert-OH is 1. The van der Waals surface area contributed by atoms with Gasteiger partial charge in [-0.1, -0.05) is 64.9 Å². The van der Waals surface area contributed by atoms with Gasteiger partial charge in [-0.3, -0.25) is 0 Å². The van der Waals surface area contributed by atoms with Gasteiger partial charge in [-0.05, 0) is 55.2 Å². The Morgan fingerprint density at radius 1 is 1.14 bits per heavy atom. The molecule has 1 saturated carbocycles. The maximum atomic E-state index is 10.3. The lowest BCUT2D eigenvalue weighted by atomic mass is 9.88. The van der Waals surface area contributed by atoms with Crippen LogP contribution in [0.15, 0.2) is 18.2 Å². The number of hydrogen-bond acceptors (Lipinski definition) is 4. The number of aryl methyl sites for hydroxylation is 1. The number of rotatable bonds is 15. The van der Waals surface area contributed by atoms with Crippen molar-refractivity contribution >= 4 is 0 Å². The standard InChI is InChI=1S/C24H41NO3/c1-19(2)8-6-4-3-5-7-15-28-23-12-11-20(16-22(23)27)13-14-24(25,18-26)17-21-9-10-21/h11-12,16,19,21,26-27H,3-10,13-15,17-18,25H2,1-2H3/t24-/m0/s1. The minimum absolute atomic E-state index is 0.0220. The third-order valence-electron chi connectivity index (χ3n) is 5.83. The molecule has 2 rings (SSSR count). The van der Waals surface area contributed by atoms with E-state index in [-0.39, 0.29) is 12.4 Å². The third kappa shape index (κ3) is 8.83. The first-order chi connectivity index (χ1) is 13.4. The molecule has 1 atom stereocenters. The molecule has 160 valence electrons. The van der Waals surface area contributed by atoms with Crippen molar-refractivity contribution in [1.29, 1.82) is 0 Å². The highest BCUT2D eigenvalue weighted by Crippen LogP contribution is 2.37. The van der Waals surface area contributed by atoms with Crippen LogP contribution in [0.1, 0.15) is 83.6 Å². The molecule has 0 aliphatic heterocycles. The summed E-state index contributed by atoms with van der Waals surface area (Å²) >= 11 is 0. The second-order valence-corrected chi connectivity index (χ2v) is 9.27. The molecule has 0 saturated heterocycles. The lowest BCUT2D eigenvalue weighted by Crippen LogP contribution is -2.44. The number of ether oxygens (including phenoxy) is 1. The zero-order chi connectivity index (χ0) is 20.4. The number of aromatic hydroxyl groups is 1. The summed E-state index contributed by atoms with van der Waals surface area (Å²) in [6, 6.07) is 5.62. The van der Waals surface area contributed by atoms with Gasteiger partial charge in [0.25, 0.3) is 0 Å². The zero-order valence-electron chi connectivity index (χ0n) is 18.0. The largest absolute Gasteiger partial charge is 0.504 e. The number of benzene rings is 1. The molecule has 1 aliphatic rings. The van der Waals surface area contributed by atoms with E-state index in [1.165, 1.54) is 44.9 Å². The van der Waals surface area contributed by atoms with E-state index < -0.39 is 5.54 Å². The summed E-state index contributed by atoms with van der Waals surface area (Å²) in [5.41, 5.74) is 6.89. The first-order valence-corrected chi connectivity index (χ1v) is 11.3. The highest BCUT2D eigenvalue weighted by molar-refractivity contribution is 5.41. The van der Waals surface area contributed by atoms with Crippen LogP contribution in [0.25, 0.3) is 0 Å². The first kappa shape index (κ1) is 23.0. The van der Waals surface area contributed by atoms with Crippen molar-refractivity contribution in [2.24, 2.45) is 17.6 Å². The van der Waals surface area contributed by atoms with Crippen LogP contribution in [-0.2, 0) is 6.42 Å². The number of hydrogen-bond donors (Lipinski definition) is 3. The van der Waals surface area contributed by atoms with Gasteiger partial charge in [0.1, 0.15) is 0 Å². The van der Waals surface area contributed by atoms with Gasteiger partial charge < -0.3 is 20.7 Å². The summed E-state index contributed by atoms with van der Waals surface area (Å²) in [6.45, 7) is 5.22. The molecule has 1 fully saturated rings. The molecule has 1 aromatic rings. The third-order valence-corrected chi connectivity index (χ3v) is 5.83. The Balaban J connectivity index is 1.65. The molecule has 0 amide bonds. The quantitative estimate of drug-likeness (QED) is 0.360. The topological polar surface area (TPSA) is 75.7 Å². The highest BCUT2D eigenvalue weighted by Gasteiger charge is 2.33. The molecule has 4 nitrogen and oxygen atoms in total. The summed E-state index contributed by atoms with van der Waals surface area (Å²) in [7, 11) is 0. The van der Waals surface area contributed by atoms with Crippen molar-refractivity contribution in [3.63, 3.8) is 0 Å². The Hall–Kier alpha value is -1.26. The summed E-state index contributed by atoms with van der Waals surface area (Å²) in [6.07, 6.45) is 12.3. The lowest BCUT2D eigenvalue weighted by molar-refractivity contribution is 0.172. The van der Waals surface area contributed by atoms with Crippen LogP contribution in [0.3, 0.4) is 0 Å². The van der Waals surface area contributed by atoms with E-state index in [9.17, 15) is 10.2 Å². The summed E-state index contributed by atoms with van der Waals surface area (Å²) < 4.78 is 5.75. The van der Waals surface area contributed by atoms with Crippen molar-refractivity contribution in [3.8, 4) is 11.5 Å². The van der Waals surface area contributed by atoms with Gasteiger partial charge in [-0.25, -0.2) is 0 Å². The van der Waals surface area contributed by atoms with E-state index in [1.807, 2.05) is 12.1 Å². The van der Waals surface area contributed by atoms with Crippen LogP contribution in [-0.4, -0.2) is 29.0 Å². The second kappa shape index (κ2) is 11.7. The molecule has 28 heavy (non-hydrogen) atoms. The van der Waals surface area contributed by atoms with Gasteiger partial charge in [0.15, 0.2) is 11.5 Å². The Labute approximate surface area is 171 Å². The fraction of sp³-hybridized carbons (Fsp3) is 0.750. The maximum Gasteiger partial charge on any atom is 0.160 e. The van der Waals surface area contributed by atoms with E-state index in [0.717, 1.165) is 37.2 Å². The van der Waals surface area contributed by atoms with Crippen molar-refractivity contribution in [2.45, 2.75) is 90.0 Å². The number of phenolic OH excluding ortho intramolecular Hbond substituents is 1. The van der Waals surface area contributed by atoms with Crippen LogP contribution in [0.5, 0.6) is 11.5 Å². The van der Waals surface area contributed by atoms with Crippen LogP contribution in [0, 0.1) is 11.8 Å². The molecular weight excluding hydrogens is 350 g/mol. The van der Waals surface area contributed by atoms with E-state index in [2.05, 4.69) is 13.8 Å².